The van der Waals surface area contributed by atoms with Crippen LogP contribution < -0.4 is 9.80 Å². The van der Waals surface area contributed by atoms with Crippen molar-refractivity contribution in [3.63, 3.8) is 0 Å². The molecule has 5 aromatic rings. The summed E-state index contributed by atoms with van der Waals surface area (Å²) in [7, 11) is -3.80. The summed E-state index contributed by atoms with van der Waals surface area (Å²) in [6, 6.07) is 19.0. The fourth-order valence-corrected chi connectivity index (χ4v) is 5.68. The van der Waals surface area contributed by atoms with Crippen molar-refractivity contribution in [1.29, 1.82) is 0 Å². The van der Waals surface area contributed by atoms with Gasteiger partial charge in [-0.15, -0.1) is 0 Å². The Bertz CT molecular complexity index is 1650. The van der Waals surface area contributed by atoms with Crippen LogP contribution in [0.25, 0.3) is 16.7 Å². The van der Waals surface area contributed by atoms with Crippen LogP contribution in [-0.2, 0) is 20.8 Å². The molecule has 1 fully saturated rings. The topological polar surface area (TPSA) is 85.0 Å². The molecular formula is C27H28N6O3S. The van der Waals surface area contributed by atoms with Crippen LogP contribution in [0.2, 0.25) is 0 Å². The number of hydrogen-bond donors (Lipinski definition) is 0. The second kappa shape index (κ2) is 9.53. The number of imidazole rings is 1. The molecule has 0 aliphatic carbocycles. The van der Waals surface area contributed by atoms with Crippen molar-refractivity contribution < 1.29 is 12.6 Å². The highest BCUT2D eigenvalue weighted by Gasteiger charge is 2.21. The predicted octanol–water partition coefficient (Wildman–Crippen LogP) is 3.72. The zero-order valence-electron chi connectivity index (χ0n) is 20.6. The van der Waals surface area contributed by atoms with E-state index in [0.29, 0.717) is 6.54 Å². The van der Waals surface area contributed by atoms with Gasteiger partial charge < -0.3 is 14.4 Å². The van der Waals surface area contributed by atoms with E-state index in [0.717, 1.165) is 60.1 Å². The number of nitrogens with zero attached hydrogens (tertiary/aromatic N) is 6. The fraction of sp³-hybridized carbons (Fsp3) is 0.259. The van der Waals surface area contributed by atoms with E-state index in [-0.39, 0.29) is 11.5 Å². The molecular weight excluding hydrogens is 488 g/mol. The number of rotatable bonds is 7. The number of aryl methyl sites for hydroxylation is 1. The molecule has 10 heteroatoms. The normalized spacial score (nSPS) is 14.6. The van der Waals surface area contributed by atoms with Crippen LogP contribution in [0.5, 0.6) is 0 Å². The molecule has 0 spiro atoms. The van der Waals surface area contributed by atoms with Crippen molar-refractivity contribution in [1.82, 2.24) is 18.9 Å². The second-order valence-corrected chi connectivity index (χ2v) is 10.8. The van der Waals surface area contributed by atoms with E-state index >= 15 is 0 Å². The number of benzene rings is 1. The molecule has 0 unspecified atom stereocenters. The van der Waals surface area contributed by atoms with Gasteiger partial charge in [0.1, 0.15) is 22.9 Å². The van der Waals surface area contributed by atoms with E-state index in [2.05, 4.69) is 37.4 Å². The Morgan fingerprint density at radius 2 is 1.68 bits per heavy atom. The Kier molecular flexibility index (Phi) is 6.05. The van der Waals surface area contributed by atoms with Crippen LogP contribution in [0.3, 0.4) is 0 Å². The number of fused-ring (bicyclic) bond motifs is 2. The van der Waals surface area contributed by atoms with Crippen LogP contribution in [0, 0.1) is 6.92 Å². The van der Waals surface area contributed by atoms with Crippen molar-refractivity contribution in [2.45, 2.75) is 18.4 Å². The summed E-state index contributed by atoms with van der Waals surface area (Å²) in [5.74, 6) is 2.06. The molecule has 5 heterocycles. The van der Waals surface area contributed by atoms with Gasteiger partial charge in [-0.3, -0.25) is 8.58 Å². The first kappa shape index (κ1) is 23.5. The molecule has 9 nitrogen and oxygen atoms in total. The molecule has 4 aromatic heterocycles. The summed E-state index contributed by atoms with van der Waals surface area (Å²) in [6.07, 6.45) is 5.75. The van der Waals surface area contributed by atoms with Gasteiger partial charge in [-0.1, -0.05) is 23.8 Å². The van der Waals surface area contributed by atoms with Gasteiger partial charge in [0.25, 0.3) is 10.1 Å². The summed E-state index contributed by atoms with van der Waals surface area (Å²) in [4.78, 5) is 14.2. The minimum absolute atomic E-state index is 0.0321. The third-order valence-corrected chi connectivity index (χ3v) is 8.14. The van der Waals surface area contributed by atoms with E-state index < -0.39 is 10.1 Å². The lowest BCUT2D eigenvalue weighted by molar-refractivity contribution is 0.302. The molecule has 1 aliphatic heterocycles. The lowest BCUT2D eigenvalue weighted by Crippen LogP contribution is -2.47. The standard InChI is InChI=1S/C27H28N6O3S/c1-21-5-8-23(9-6-21)37(34,35)36-20-19-32-13-11-22-7-10-25(29-27(22)32)30-15-17-31(18-16-30)26-4-2-3-24-28-12-14-33(24)26/h2-14H,15-20H2,1H3. The predicted molar refractivity (Wildman–Crippen MR) is 144 cm³/mol. The average molecular weight is 517 g/mol. The Morgan fingerprint density at radius 1 is 0.892 bits per heavy atom. The number of pyridine rings is 2. The Labute approximate surface area is 215 Å². The van der Waals surface area contributed by atoms with Crippen molar-refractivity contribution in [3.05, 3.63) is 84.8 Å². The molecule has 0 N–H and O–H groups in total. The smallest absolute Gasteiger partial charge is 0.297 e. The minimum atomic E-state index is -3.80. The molecule has 1 aromatic carbocycles. The van der Waals surface area contributed by atoms with Gasteiger partial charge in [0.05, 0.1) is 11.5 Å². The van der Waals surface area contributed by atoms with Gasteiger partial charge in [0, 0.05) is 56.7 Å². The molecule has 0 radical (unpaired) electrons. The van der Waals surface area contributed by atoms with E-state index in [1.54, 1.807) is 24.3 Å². The van der Waals surface area contributed by atoms with Gasteiger partial charge in [0.15, 0.2) is 0 Å². The van der Waals surface area contributed by atoms with Crippen LogP contribution in [0.15, 0.2) is 84.1 Å². The number of piperazine rings is 1. The Hall–Kier alpha value is -3.89. The Balaban J connectivity index is 1.13. The summed E-state index contributed by atoms with van der Waals surface area (Å²) < 4.78 is 34.4. The fourth-order valence-electron chi connectivity index (χ4n) is 4.78. The Morgan fingerprint density at radius 3 is 2.49 bits per heavy atom. The lowest BCUT2D eigenvalue weighted by atomic mass is 10.2. The highest BCUT2D eigenvalue weighted by molar-refractivity contribution is 7.86. The van der Waals surface area contributed by atoms with Crippen LogP contribution in [0.1, 0.15) is 5.56 Å². The number of anilines is 2. The maximum absolute atomic E-state index is 12.5. The first-order chi connectivity index (χ1) is 18.0. The zero-order valence-corrected chi connectivity index (χ0v) is 21.4. The molecule has 37 heavy (non-hydrogen) atoms. The van der Waals surface area contributed by atoms with Crippen LogP contribution in [-0.4, -0.2) is 60.1 Å². The molecule has 1 saturated heterocycles. The van der Waals surface area contributed by atoms with E-state index in [4.69, 9.17) is 9.17 Å². The maximum atomic E-state index is 12.5. The van der Waals surface area contributed by atoms with Crippen molar-refractivity contribution in [3.8, 4) is 0 Å². The quantitative estimate of drug-likeness (QED) is 0.305. The van der Waals surface area contributed by atoms with E-state index in [1.807, 2.05) is 48.3 Å². The molecule has 190 valence electrons. The second-order valence-electron chi connectivity index (χ2n) is 9.19. The van der Waals surface area contributed by atoms with Gasteiger partial charge in [0.2, 0.25) is 0 Å². The van der Waals surface area contributed by atoms with E-state index in [1.165, 1.54) is 0 Å². The summed E-state index contributed by atoms with van der Waals surface area (Å²) in [5.41, 5.74) is 2.76. The van der Waals surface area contributed by atoms with Crippen molar-refractivity contribution in [2.24, 2.45) is 0 Å². The highest BCUT2D eigenvalue weighted by atomic mass is 32.2. The summed E-state index contributed by atoms with van der Waals surface area (Å²) in [6.45, 7) is 5.78. The van der Waals surface area contributed by atoms with Crippen molar-refractivity contribution in [2.75, 3.05) is 42.6 Å². The molecule has 0 atom stereocenters. The van der Waals surface area contributed by atoms with Gasteiger partial charge >= 0.3 is 0 Å². The van der Waals surface area contributed by atoms with Crippen LogP contribution in [0.4, 0.5) is 11.6 Å². The number of hydrogen-bond acceptors (Lipinski definition) is 7. The molecule has 0 amide bonds. The molecule has 0 bridgehead atoms. The molecule has 6 rings (SSSR count). The third-order valence-electron chi connectivity index (χ3n) is 6.81. The largest absolute Gasteiger partial charge is 0.354 e. The maximum Gasteiger partial charge on any atom is 0.297 e. The van der Waals surface area contributed by atoms with Gasteiger partial charge in [-0.05, 0) is 49.4 Å². The van der Waals surface area contributed by atoms with E-state index in [9.17, 15) is 8.42 Å². The molecule has 1 aliphatic rings. The first-order valence-corrected chi connectivity index (χ1v) is 13.7. The number of aromatic nitrogens is 4. The van der Waals surface area contributed by atoms with Gasteiger partial charge in [-0.2, -0.15) is 8.42 Å². The van der Waals surface area contributed by atoms with Crippen LogP contribution >= 0.6 is 0 Å². The minimum Gasteiger partial charge on any atom is -0.354 e. The zero-order chi connectivity index (χ0) is 25.4. The van der Waals surface area contributed by atoms with Crippen molar-refractivity contribution >= 4 is 38.4 Å². The summed E-state index contributed by atoms with van der Waals surface area (Å²) >= 11 is 0. The molecule has 0 saturated carbocycles. The van der Waals surface area contributed by atoms with Gasteiger partial charge in [-0.25, -0.2) is 9.97 Å². The monoisotopic (exact) mass is 516 g/mol. The highest BCUT2D eigenvalue weighted by Crippen LogP contribution is 2.23. The SMILES string of the molecule is Cc1ccc(S(=O)(=O)OCCn2ccc3ccc(N4CCN(c5cccc6nccn56)CC4)nc32)cc1. The third kappa shape index (κ3) is 4.65. The first-order valence-electron chi connectivity index (χ1n) is 12.3. The summed E-state index contributed by atoms with van der Waals surface area (Å²) in [5, 5.41) is 1.01. The lowest BCUT2D eigenvalue weighted by Gasteiger charge is -2.36. The average Bonchev–Trinajstić information content (AvgIpc) is 3.56.